The van der Waals surface area contributed by atoms with Crippen molar-refractivity contribution in [2.24, 2.45) is 0 Å². The summed E-state index contributed by atoms with van der Waals surface area (Å²) in [6.45, 7) is 1.91. The monoisotopic (exact) mass is 419 g/mol. The van der Waals surface area contributed by atoms with E-state index in [2.05, 4.69) is 20.9 Å². The molecule has 1 aromatic heterocycles. The molecule has 0 aliphatic carbocycles. The molecule has 1 heterocycles. The summed E-state index contributed by atoms with van der Waals surface area (Å²) in [5, 5.41) is 0.211. The van der Waals surface area contributed by atoms with Crippen LogP contribution in [0.25, 0.3) is 0 Å². The van der Waals surface area contributed by atoms with Gasteiger partial charge in [0.25, 0.3) is 6.43 Å². The minimum Gasteiger partial charge on any atom is -0.462 e. The van der Waals surface area contributed by atoms with Gasteiger partial charge in [0.1, 0.15) is 9.39 Å². The fourth-order valence-electron chi connectivity index (χ4n) is 1.19. The maximum atomic E-state index is 12.7. The Morgan fingerprint density at radius 1 is 1.65 bits per heavy atom. The highest BCUT2D eigenvalue weighted by molar-refractivity contribution is 14.1. The predicted molar refractivity (Wildman–Crippen MR) is 70.5 cm³/mol. The molecule has 1 rings (SSSR count). The molecule has 0 fully saturated rings. The average molecular weight is 420 g/mol. The SMILES string of the molecule is CCOC(=O)c1cc(CBr)c(C(F)F)nc1I. The first-order chi connectivity index (χ1) is 8.01. The number of alkyl halides is 3. The molecule has 0 aliphatic heterocycles. The van der Waals surface area contributed by atoms with E-state index >= 15 is 0 Å². The van der Waals surface area contributed by atoms with E-state index in [1.54, 1.807) is 29.5 Å². The summed E-state index contributed by atoms with van der Waals surface area (Å²) in [6, 6.07) is 1.39. The Bertz CT molecular complexity index is 429. The number of esters is 1. The summed E-state index contributed by atoms with van der Waals surface area (Å²) >= 11 is 4.84. The number of nitrogens with zero attached hydrogens (tertiary/aromatic N) is 1. The summed E-state index contributed by atoms with van der Waals surface area (Å²) in [5.74, 6) is -0.549. The summed E-state index contributed by atoms with van der Waals surface area (Å²) in [7, 11) is 0. The zero-order chi connectivity index (χ0) is 13.0. The van der Waals surface area contributed by atoms with Gasteiger partial charge >= 0.3 is 5.97 Å². The van der Waals surface area contributed by atoms with Crippen molar-refractivity contribution >= 4 is 44.5 Å². The van der Waals surface area contributed by atoms with Crippen LogP contribution in [0.5, 0.6) is 0 Å². The first-order valence-electron chi connectivity index (χ1n) is 4.71. The average Bonchev–Trinajstić information content (AvgIpc) is 2.28. The fraction of sp³-hybridized carbons (Fsp3) is 0.400. The van der Waals surface area contributed by atoms with E-state index in [-0.39, 0.29) is 26.9 Å². The smallest absolute Gasteiger partial charge is 0.340 e. The minimum absolute atomic E-state index is 0.211. The lowest BCUT2D eigenvalue weighted by Crippen LogP contribution is -2.11. The van der Waals surface area contributed by atoms with Crippen molar-refractivity contribution in [3.8, 4) is 0 Å². The predicted octanol–water partition coefficient (Wildman–Crippen LogP) is 3.70. The largest absolute Gasteiger partial charge is 0.462 e. The van der Waals surface area contributed by atoms with Crippen molar-refractivity contribution in [2.45, 2.75) is 18.7 Å². The molecule has 17 heavy (non-hydrogen) atoms. The standard InChI is InChI=1S/C10H9BrF2INO2/c1-2-17-10(16)6-3-5(4-11)7(8(12)13)15-9(6)14/h3,8H,2,4H2,1H3. The van der Waals surface area contributed by atoms with Crippen LogP contribution in [0.1, 0.15) is 35.0 Å². The minimum atomic E-state index is -2.66. The van der Waals surface area contributed by atoms with Crippen molar-refractivity contribution in [1.29, 1.82) is 0 Å². The van der Waals surface area contributed by atoms with Gasteiger partial charge in [-0.15, -0.1) is 0 Å². The van der Waals surface area contributed by atoms with E-state index in [0.717, 1.165) is 0 Å². The lowest BCUT2D eigenvalue weighted by molar-refractivity contribution is 0.0523. The molecule has 7 heteroatoms. The van der Waals surface area contributed by atoms with Crippen LogP contribution in [0.2, 0.25) is 0 Å². The molecule has 0 radical (unpaired) electrons. The number of carbonyl (C=O) groups is 1. The molecule has 0 aromatic carbocycles. The Morgan fingerprint density at radius 3 is 2.76 bits per heavy atom. The zero-order valence-electron chi connectivity index (χ0n) is 8.84. The van der Waals surface area contributed by atoms with Gasteiger partial charge < -0.3 is 4.74 Å². The van der Waals surface area contributed by atoms with Crippen molar-refractivity contribution in [2.75, 3.05) is 6.61 Å². The van der Waals surface area contributed by atoms with Gasteiger partial charge in [0, 0.05) is 5.33 Å². The van der Waals surface area contributed by atoms with Crippen LogP contribution in [-0.4, -0.2) is 17.6 Å². The molecule has 94 valence electrons. The maximum absolute atomic E-state index is 12.7. The van der Waals surface area contributed by atoms with Gasteiger partial charge in [-0.05, 0) is 41.1 Å². The van der Waals surface area contributed by atoms with E-state index in [0.29, 0.717) is 5.56 Å². The molecule has 0 saturated heterocycles. The van der Waals surface area contributed by atoms with E-state index in [1.165, 1.54) is 6.07 Å². The third-order valence-electron chi connectivity index (χ3n) is 1.93. The van der Waals surface area contributed by atoms with Gasteiger partial charge in [-0.3, -0.25) is 0 Å². The first-order valence-corrected chi connectivity index (χ1v) is 6.91. The summed E-state index contributed by atoms with van der Waals surface area (Å²) < 4.78 is 30.4. The van der Waals surface area contributed by atoms with Gasteiger partial charge in [0.15, 0.2) is 0 Å². The van der Waals surface area contributed by atoms with E-state index < -0.39 is 12.4 Å². The van der Waals surface area contributed by atoms with Gasteiger partial charge in [-0.25, -0.2) is 18.6 Å². The van der Waals surface area contributed by atoms with Gasteiger partial charge in [0.2, 0.25) is 0 Å². The molecular formula is C10H9BrF2INO2. The molecule has 0 atom stereocenters. The summed E-state index contributed by atoms with van der Waals surface area (Å²) in [6.07, 6.45) is -2.66. The number of ether oxygens (including phenoxy) is 1. The second kappa shape index (κ2) is 6.58. The quantitative estimate of drug-likeness (QED) is 0.323. The third kappa shape index (κ3) is 3.57. The van der Waals surface area contributed by atoms with Crippen molar-refractivity contribution in [1.82, 2.24) is 4.98 Å². The van der Waals surface area contributed by atoms with Gasteiger partial charge in [0.05, 0.1) is 12.2 Å². The second-order valence-electron chi connectivity index (χ2n) is 3.03. The Labute approximate surface area is 119 Å². The highest BCUT2D eigenvalue weighted by atomic mass is 127. The van der Waals surface area contributed by atoms with Gasteiger partial charge in [-0.1, -0.05) is 15.9 Å². The topological polar surface area (TPSA) is 39.2 Å². The van der Waals surface area contributed by atoms with E-state index in [4.69, 9.17) is 4.74 Å². The number of carbonyl (C=O) groups excluding carboxylic acids is 1. The van der Waals surface area contributed by atoms with E-state index in [9.17, 15) is 13.6 Å². The molecule has 0 bridgehead atoms. The van der Waals surface area contributed by atoms with Crippen molar-refractivity contribution in [3.05, 3.63) is 26.6 Å². The molecule has 1 aromatic rings. The number of aromatic nitrogens is 1. The van der Waals surface area contributed by atoms with Crippen LogP contribution < -0.4 is 0 Å². The lowest BCUT2D eigenvalue weighted by atomic mass is 10.1. The second-order valence-corrected chi connectivity index (χ2v) is 4.61. The summed E-state index contributed by atoms with van der Waals surface area (Å²) in [4.78, 5) is 15.3. The van der Waals surface area contributed by atoms with E-state index in [1.807, 2.05) is 0 Å². The lowest BCUT2D eigenvalue weighted by Gasteiger charge is -2.10. The van der Waals surface area contributed by atoms with Crippen LogP contribution in [0.3, 0.4) is 0 Å². The maximum Gasteiger partial charge on any atom is 0.340 e. The van der Waals surface area contributed by atoms with Crippen LogP contribution >= 0.6 is 38.5 Å². The van der Waals surface area contributed by atoms with Crippen LogP contribution in [-0.2, 0) is 10.1 Å². The molecular weight excluding hydrogens is 411 g/mol. The fourth-order valence-corrected chi connectivity index (χ4v) is 2.28. The number of hydrogen-bond acceptors (Lipinski definition) is 3. The van der Waals surface area contributed by atoms with Crippen molar-refractivity contribution < 1.29 is 18.3 Å². The number of halogens is 4. The summed E-state index contributed by atoms with van der Waals surface area (Å²) in [5.41, 5.74) is 0.203. The number of rotatable bonds is 4. The molecule has 0 aliphatic rings. The first kappa shape index (κ1) is 14.7. The zero-order valence-corrected chi connectivity index (χ0v) is 12.6. The highest BCUT2D eigenvalue weighted by Crippen LogP contribution is 2.26. The third-order valence-corrected chi connectivity index (χ3v) is 3.36. The molecule has 3 nitrogen and oxygen atoms in total. The normalized spacial score (nSPS) is 10.7. The Morgan fingerprint density at radius 2 is 2.29 bits per heavy atom. The number of hydrogen-bond donors (Lipinski definition) is 0. The Hall–Kier alpha value is -0.310. The van der Waals surface area contributed by atoms with Crippen LogP contribution in [0.4, 0.5) is 8.78 Å². The van der Waals surface area contributed by atoms with Crippen LogP contribution in [0, 0.1) is 3.70 Å². The Kier molecular flexibility index (Phi) is 5.71. The number of pyridine rings is 1. The van der Waals surface area contributed by atoms with Gasteiger partial charge in [-0.2, -0.15) is 0 Å². The van der Waals surface area contributed by atoms with Crippen molar-refractivity contribution in [3.63, 3.8) is 0 Å². The highest BCUT2D eigenvalue weighted by Gasteiger charge is 2.20. The Balaban J connectivity index is 3.22. The molecule has 0 spiro atoms. The van der Waals surface area contributed by atoms with Crippen LogP contribution in [0.15, 0.2) is 6.07 Å². The molecule has 0 N–H and O–H groups in total. The molecule has 0 unspecified atom stereocenters. The molecule has 0 amide bonds. The molecule has 0 saturated carbocycles.